The van der Waals surface area contributed by atoms with Crippen LogP contribution in [0.25, 0.3) is 0 Å². The molecule has 0 radical (unpaired) electrons. The molecule has 0 aliphatic carbocycles. The van der Waals surface area contributed by atoms with E-state index in [4.69, 9.17) is 4.74 Å². The van der Waals surface area contributed by atoms with Gasteiger partial charge in [-0.2, -0.15) is 0 Å². The van der Waals surface area contributed by atoms with Gasteiger partial charge in [-0.25, -0.2) is 9.59 Å². The van der Waals surface area contributed by atoms with Gasteiger partial charge in [0.2, 0.25) is 0 Å². The Kier molecular flexibility index (Phi) is 5.70. The molecule has 7 heteroatoms. The number of nitrogens with zero attached hydrogens (tertiary/aromatic N) is 1. The van der Waals surface area contributed by atoms with Gasteiger partial charge in [0.15, 0.2) is 0 Å². The van der Waals surface area contributed by atoms with Crippen LogP contribution in [-0.4, -0.2) is 42.4 Å². The number of nitrogens with one attached hydrogen (secondary N) is 2. The lowest BCUT2D eigenvalue weighted by molar-refractivity contribution is -0.143. The number of amides is 2. The number of carbonyl (C=O) groups excluding carboxylic acids is 2. The van der Waals surface area contributed by atoms with Crippen molar-refractivity contribution in [2.45, 2.75) is 51.9 Å². The van der Waals surface area contributed by atoms with Crippen molar-refractivity contribution in [1.29, 1.82) is 0 Å². The summed E-state index contributed by atoms with van der Waals surface area (Å²) in [6, 6.07) is 6.93. The number of allylic oxidation sites excluding steroid dienone is 1. The molecule has 3 N–H and O–H groups in total. The number of aliphatic hydroxyl groups excluding tert-OH is 1. The van der Waals surface area contributed by atoms with Crippen molar-refractivity contribution < 1.29 is 19.4 Å². The van der Waals surface area contributed by atoms with Gasteiger partial charge in [-0.05, 0) is 51.3 Å². The summed E-state index contributed by atoms with van der Waals surface area (Å²) >= 11 is 0. The predicted octanol–water partition coefficient (Wildman–Crippen LogP) is 2.23. The Morgan fingerprint density at radius 3 is 2.44 bits per heavy atom. The summed E-state index contributed by atoms with van der Waals surface area (Å²) in [5, 5.41) is 15.1. The lowest BCUT2D eigenvalue weighted by atomic mass is 9.95. The smallest absolute Gasteiger partial charge is 0.338 e. The number of ether oxygens (including phenoxy) is 1. The first kappa shape index (κ1) is 19.2. The molecule has 1 fully saturated rings. The molecule has 0 saturated carbocycles. The van der Waals surface area contributed by atoms with Gasteiger partial charge in [0, 0.05) is 24.5 Å². The Balaban J connectivity index is 1.83. The zero-order chi connectivity index (χ0) is 19.6. The zero-order valence-corrected chi connectivity index (χ0v) is 16.0. The van der Waals surface area contributed by atoms with E-state index in [0.29, 0.717) is 11.3 Å². The van der Waals surface area contributed by atoms with Crippen LogP contribution in [0.1, 0.15) is 45.2 Å². The molecular weight excluding hydrogens is 346 g/mol. The van der Waals surface area contributed by atoms with Crippen molar-refractivity contribution in [1.82, 2.24) is 10.6 Å². The fraction of sp³-hybridized carbons (Fsp3) is 0.500. The Morgan fingerprint density at radius 2 is 1.85 bits per heavy atom. The van der Waals surface area contributed by atoms with Crippen LogP contribution < -0.4 is 15.5 Å². The molecule has 2 amide bonds. The van der Waals surface area contributed by atoms with Gasteiger partial charge in [-0.3, -0.25) is 0 Å². The molecule has 146 valence electrons. The zero-order valence-electron chi connectivity index (χ0n) is 16.0. The van der Waals surface area contributed by atoms with E-state index < -0.39 is 12.0 Å². The van der Waals surface area contributed by atoms with E-state index in [2.05, 4.69) is 15.5 Å². The van der Waals surface area contributed by atoms with Crippen molar-refractivity contribution >= 4 is 17.7 Å². The number of benzene rings is 1. The summed E-state index contributed by atoms with van der Waals surface area (Å²) in [5.41, 5.74) is 2.80. The van der Waals surface area contributed by atoms with E-state index >= 15 is 0 Å². The largest absolute Gasteiger partial charge is 0.459 e. The molecule has 1 aromatic rings. The summed E-state index contributed by atoms with van der Waals surface area (Å²) < 4.78 is 5.36. The van der Waals surface area contributed by atoms with Crippen LogP contribution in [-0.2, 0) is 9.53 Å². The maximum Gasteiger partial charge on any atom is 0.338 e. The molecule has 2 aliphatic heterocycles. The second-order valence-electron chi connectivity index (χ2n) is 7.33. The standard InChI is InChI=1S/C20H27N3O4/c1-12(2)27-19(25)17-13(3)21-20(26)22-18(17)14-4-6-15(7-5-14)23-10-8-16(24)9-11-23/h4-7,12,16,18,24H,8-11H2,1-3H3,(H2,21,22,26). The second kappa shape index (κ2) is 8.00. The van der Waals surface area contributed by atoms with Gasteiger partial charge < -0.3 is 25.4 Å². The number of anilines is 1. The van der Waals surface area contributed by atoms with Crippen molar-refractivity contribution in [3.05, 3.63) is 41.1 Å². The van der Waals surface area contributed by atoms with Crippen molar-refractivity contribution in [3.63, 3.8) is 0 Å². The Bertz CT molecular complexity index is 734. The van der Waals surface area contributed by atoms with Crippen LogP contribution >= 0.6 is 0 Å². The van der Waals surface area contributed by atoms with Gasteiger partial charge in [0.25, 0.3) is 0 Å². The van der Waals surface area contributed by atoms with Gasteiger partial charge in [0.05, 0.1) is 23.8 Å². The second-order valence-corrected chi connectivity index (χ2v) is 7.33. The lowest BCUT2D eigenvalue weighted by Gasteiger charge is -2.32. The SMILES string of the molecule is CC1=C(C(=O)OC(C)C)C(c2ccc(N3CCC(O)CC3)cc2)NC(=O)N1. The maximum absolute atomic E-state index is 12.6. The van der Waals surface area contributed by atoms with Crippen LogP contribution in [0.2, 0.25) is 0 Å². The minimum atomic E-state index is -0.553. The van der Waals surface area contributed by atoms with Crippen molar-refractivity contribution in [3.8, 4) is 0 Å². The van der Waals surface area contributed by atoms with E-state index in [1.165, 1.54) is 0 Å². The van der Waals surface area contributed by atoms with E-state index in [-0.39, 0.29) is 18.2 Å². The molecule has 0 spiro atoms. The first-order chi connectivity index (χ1) is 12.8. The number of urea groups is 1. The van der Waals surface area contributed by atoms with Crippen LogP contribution in [0.3, 0.4) is 0 Å². The third-order valence-electron chi connectivity index (χ3n) is 4.89. The monoisotopic (exact) mass is 373 g/mol. The van der Waals surface area contributed by atoms with Gasteiger partial charge in [0.1, 0.15) is 0 Å². The molecule has 7 nitrogen and oxygen atoms in total. The van der Waals surface area contributed by atoms with Gasteiger partial charge in [-0.1, -0.05) is 12.1 Å². The van der Waals surface area contributed by atoms with E-state index in [9.17, 15) is 14.7 Å². The molecule has 2 aliphatic rings. The first-order valence-corrected chi connectivity index (χ1v) is 9.37. The van der Waals surface area contributed by atoms with Crippen molar-refractivity contribution in [2.75, 3.05) is 18.0 Å². The third kappa shape index (κ3) is 4.42. The number of hydrogen-bond acceptors (Lipinski definition) is 5. The molecule has 1 unspecified atom stereocenters. The summed E-state index contributed by atoms with van der Waals surface area (Å²) in [6.07, 6.45) is 1.07. The average molecular weight is 373 g/mol. The van der Waals surface area contributed by atoms with Gasteiger partial charge in [-0.15, -0.1) is 0 Å². The number of rotatable bonds is 4. The number of hydrogen-bond donors (Lipinski definition) is 3. The summed E-state index contributed by atoms with van der Waals surface area (Å²) in [4.78, 5) is 26.7. The number of esters is 1. The molecule has 27 heavy (non-hydrogen) atoms. The first-order valence-electron chi connectivity index (χ1n) is 9.37. The number of carbonyl (C=O) groups is 2. The Hall–Kier alpha value is -2.54. The molecule has 1 atom stereocenters. The predicted molar refractivity (Wildman–Crippen MR) is 102 cm³/mol. The minimum Gasteiger partial charge on any atom is -0.459 e. The summed E-state index contributed by atoms with van der Waals surface area (Å²) in [6.45, 7) is 6.92. The molecular formula is C20H27N3O4. The summed E-state index contributed by atoms with van der Waals surface area (Å²) in [7, 11) is 0. The quantitative estimate of drug-likeness (QED) is 0.704. The van der Waals surface area contributed by atoms with E-state index in [0.717, 1.165) is 37.2 Å². The summed E-state index contributed by atoms with van der Waals surface area (Å²) in [5.74, 6) is -0.436. The van der Waals surface area contributed by atoms with E-state index in [1.807, 2.05) is 24.3 Å². The van der Waals surface area contributed by atoms with Gasteiger partial charge >= 0.3 is 12.0 Å². The Morgan fingerprint density at radius 1 is 1.22 bits per heavy atom. The van der Waals surface area contributed by atoms with Crippen LogP contribution in [0.4, 0.5) is 10.5 Å². The fourth-order valence-electron chi connectivity index (χ4n) is 3.49. The number of piperidine rings is 1. The topological polar surface area (TPSA) is 90.9 Å². The van der Waals surface area contributed by atoms with Crippen LogP contribution in [0, 0.1) is 0 Å². The third-order valence-corrected chi connectivity index (χ3v) is 4.89. The number of aliphatic hydroxyl groups is 1. The normalized spacial score (nSPS) is 21.1. The molecule has 1 aromatic carbocycles. The fourth-order valence-corrected chi connectivity index (χ4v) is 3.49. The molecule has 3 rings (SSSR count). The van der Waals surface area contributed by atoms with Crippen LogP contribution in [0.5, 0.6) is 0 Å². The maximum atomic E-state index is 12.6. The molecule has 2 heterocycles. The minimum absolute atomic E-state index is 0.215. The highest BCUT2D eigenvalue weighted by atomic mass is 16.5. The highest BCUT2D eigenvalue weighted by molar-refractivity contribution is 5.95. The Labute approximate surface area is 159 Å². The molecule has 1 saturated heterocycles. The molecule has 0 bridgehead atoms. The van der Waals surface area contributed by atoms with E-state index in [1.54, 1.807) is 20.8 Å². The van der Waals surface area contributed by atoms with Crippen LogP contribution in [0.15, 0.2) is 35.5 Å². The average Bonchev–Trinajstić information content (AvgIpc) is 2.61. The highest BCUT2D eigenvalue weighted by Gasteiger charge is 2.32. The van der Waals surface area contributed by atoms with Crippen molar-refractivity contribution in [2.24, 2.45) is 0 Å². The lowest BCUT2D eigenvalue weighted by Crippen LogP contribution is -2.45. The molecule has 0 aromatic heterocycles. The highest BCUT2D eigenvalue weighted by Crippen LogP contribution is 2.30.